The van der Waals surface area contributed by atoms with E-state index < -0.39 is 42.9 Å². The molecule has 1 aromatic rings. The number of carbonyl (C=O) groups is 2. The van der Waals surface area contributed by atoms with E-state index in [2.05, 4.69) is 5.32 Å². The van der Waals surface area contributed by atoms with E-state index in [4.69, 9.17) is 19.6 Å². The summed E-state index contributed by atoms with van der Waals surface area (Å²) in [6, 6.07) is 4.23. The molecule has 0 aliphatic carbocycles. The number of amides is 1. The van der Waals surface area contributed by atoms with Crippen LogP contribution in [0.15, 0.2) is 24.3 Å². The largest absolute Gasteiger partial charge is 0.480 e. The maximum atomic E-state index is 11.9. The van der Waals surface area contributed by atoms with Gasteiger partial charge in [0.15, 0.2) is 0 Å². The van der Waals surface area contributed by atoms with Gasteiger partial charge in [0.2, 0.25) is 0 Å². The minimum atomic E-state index is -4.26. The first-order valence-corrected chi connectivity index (χ1v) is 9.29. The van der Waals surface area contributed by atoms with Gasteiger partial charge in [-0.25, -0.2) is 9.59 Å². The van der Waals surface area contributed by atoms with Gasteiger partial charge >= 0.3 is 19.7 Å². The van der Waals surface area contributed by atoms with E-state index >= 15 is 0 Å². The van der Waals surface area contributed by atoms with Crippen LogP contribution in [0, 0.1) is 10.1 Å². The molecule has 0 aromatic heterocycles. The molecule has 0 radical (unpaired) electrons. The van der Waals surface area contributed by atoms with Crippen molar-refractivity contribution in [1.29, 1.82) is 0 Å². The topological polar surface area (TPSA) is 176 Å². The highest BCUT2D eigenvalue weighted by Gasteiger charge is 2.25. The molecule has 0 aliphatic rings. The summed E-state index contributed by atoms with van der Waals surface area (Å²) in [5.74, 6) is -1.40. The zero-order chi connectivity index (χ0) is 19.9. The van der Waals surface area contributed by atoms with Crippen LogP contribution < -0.4 is 5.32 Å². The molecule has 0 saturated heterocycles. The molecule has 2 atom stereocenters. The van der Waals surface area contributed by atoms with E-state index in [1.165, 1.54) is 31.2 Å². The number of nitro benzene ring substituents is 1. The Labute approximate surface area is 148 Å². The molecule has 0 spiro atoms. The van der Waals surface area contributed by atoms with Crippen LogP contribution in [0.1, 0.15) is 31.4 Å². The number of carbonyl (C=O) groups excluding carboxylic acids is 1. The molecule has 0 fully saturated rings. The second-order valence-electron chi connectivity index (χ2n) is 5.43. The third kappa shape index (κ3) is 7.18. The predicted molar refractivity (Wildman–Crippen MR) is 88.7 cm³/mol. The molecule has 1 aromatic carbocycles. The fraction of sp³-hybridized carbons (Fsp3) is 0.429. The van der Waals surface area contributed by atoms with E-state index in [9.17, 15) is 24.3 Å². The van der Waals surface area contributed by atoms with Gasteiger partial charge in [-0.3, -0.25) is 14.7 Å². The summed E-state index contributed by atoms with van der Waals surface area (Å²) < 4.78 is 15.8. The van der Waals surface area contributed by atoms with Gasteiger partial charge in [0.25, 0.3) is 5.69 Å². The first-order chi connectivity index (χ1) is 12.0. The molecule has 0 saturated carbocycles. The van der Waals surface area contributed by atoms with Crippen molar-refractivity contribution in [1.82, 2.24) is 5.32 Å². The summed E-state index contributed by atoms with van der Waals surface area (Å²) in [5.41, 5.74) is -0.106. The molecule has 1 amide bonds. The highest BCUT2D eigenvalue weighted by atomic mass is 31.2. The Morgan fingerprint density at radius 3 is 2.50 bits per heavy atom. The number of alkyl carbamates (subject to hydrolysis) is 1. The minimum absolute atomic E-state index is 0.124. The van der Waals surface area contributed by atoms with Crippen molar-refractivity contribution < 1.29 is 38.7 Å². The zero-order valence-corrected chi connectivity index (χ0v) is 14.7. The fourth-order valence-corrected chi connectivity index (χ4v) is 2.75. The second kappa shape index (κ2) is 9.27. The third-order valence-corrected chi connectivity index (χ3v) is 4.29. The lowest BCUT2D eigenvalue weighted by Crippen LogP contribution is -2.41. The van der Waals surface area contributed by atoms with Crippen molar-refractivity contribution in [3.8, 4) is 0 Å². The minimum Gasteiger partial charge on any atom is -0.480 e. The number of carboxylic acid groups (broad SMARTS) is 1. The highest BCUT2D eigenvalue weighted by molar-refractivity contribution is 7.51. The van der Waals surface area contributed by atoms with Gasteiger partial charge in [-0.2, -0.15) is 0 Å². The average molecular weight is 390 g/mol. The van der Waals surface area contributed by atoms with Crippen molar-refractivity contribution in [2.75, 3.05) is 6.16 Å². The summed E-state index contributed by atoms with van der Waals surface area (Å²) in [6.07, 6.45) is -2.98. The number of benzene rings is 1. The summed E-state index contributed by atoms with van der Waals surface area (Å²) in [6.45, 7) is 1.39. The van der Waals surface area contributed by atoms with E-state index in [0.717, 1.165) is 0 Å². The van der Waals surface area contributed by atoms with Gasteiger partial charge in [0.1, 0.15) is 12.1 Å². The molecule has 0 heterocycles. The molecule has 0 bridgehead atoms. The van der Waals surface area contributed by atoms with Crippen LogP contribution >= 0.6 is 7.60 Å². The molecule has 1 unspecified atom stereocenters. The summed E-state index contributed by atoms with van der Waals surface area (Å²) in [7, 11) is -4.26. The number of carboxylic acids is 1. The van der Waals surface area contributed by atoms with Crippen molar-refractivity contribution in [3.05, 3.63) is 39.9 Å². The molecule has 4 N–H and O–H groups in total. The second-order valence-corrected chi connectivity index (χ2v) is 7.21. The van der Waals surface area contributed by atoms with Gasteiger partial charge < -0.3 is 24.9 Å². The van der Waals surface area contributed by atoms with Gasteiger partial charge in [0.05, 0.1) is 10.5 Å². The molecule has 0 aliphatic heterocycles. The summed E-state index contributed by atoms with van der Waals surface area (Å²) >= 11 is 0. The first kappa shape index (κ1) is 21.6. The lowest BCUT2D eigenvalue weighted by atomic mass is 10.1. The normalized spacial score (nSPS) is 13.5. The van der Waals surface area contributed by atoms with Crippen LogP contribution in [0.3, 0.4) is 0 Å². The van der Waals surface area contributed by atoms with E-state index in [1.807, 2.05) is 0 Å². The number of hydrogen-bond donors (Lipinski definition) is 4. The molecule has 12 heteroatoms. The number of hydrogen-bond acceptors (Lipinski definition) is 6. The van der Waals surface area contributed by atoms with E-state index in [-0.39, 0.29) is 24.1 Å². The Kier molecular flexibility index (Phi) is 7.69. The van der Waals surface area contributed by atoms with Gasteiger partial charge in [0, 0.05) is 12.2 Å². The van der Waals surface area contributed by atoms with Crippen LogP contribution in [0.5, 0.6) is 0 Å². The maximum Gasteiger partial charge on any atom is 0.408 e. The van der Waals surface area contributed by atoms with Gasteiger partial charge in [-0.15, -0.1) is 0 Å². The van der Waals surface area contributed by atoms with Gasteiger partial charge in [-0.05, 0) is 25.8 Å². The van der Waals surface area contributed by atoms with Crippen LogP contribution in [0.2, 0.25) is 0 Å². The Hall–Kier alpha value is -2.49. The van der Waals surface area contributed by atoms with Crippen molar-refractivity contribution in [2.45, 2.75) is 31.9 Å². The molecular weight excluding hydrogens is 371 g/mol. The number of aliphatic carboxylic acids is 1. The molecule has 11 nitrogen and oxygen atoms in total. The maximum absolute atomic E-state index is 11.9. The van der Waals surface area contributed by atoms with Gasteiger partial charge in [-0.1, -0.05) is 12.1 Å². The van der Waals surface area contributed by atoms with Crippen molar-refractivity contribution in [2.24, 2.45) is 0 Å². The predicted octanol–water partition coefficient (Wildman–Crippen LogP) is 1.79. The van der Waals surface area contributed by atoms with Crippen LogP contribution in [0.4, 0.5) is 10.5 Å². The SMILES string of the molecule is CC(OC(=O)N[C@H](CCCP(=O)(O)O)C(=O)O)c1ccccc1[N+](=O)[O-]. The van der Waals surface area contributed by atoms with Crippen molar-refractivity contribution in [3.63, 3.8) is 0 Å². The third-order valence-electron chi connectivity index (χ3n) is 3.39. The molecule has 26 heavy (non-hydrogen) atoms. The Morgan fingerprint density at radius 1 is 1.35 bits per heavy atom. The number of nitrogens with zero attached hydrogens (tertiary/aromatic N) is 1. The number of nitro groups is 1. The summed E-state index contributed by atoms with van der Waals surface area (Å²) in [4.78, 5) is 50.9. The summed E-state index contributed by atoms with van der Waals surface area (Å²) in [5, 5.41) is 22.1. The lowest BCUT2D eigenvalue weighted by Gasteiger charge is -2.18. The smallest absolute Gasteiger partial charge is 0.408 e. The standard InChI is InChI=1S/C14H19N2O9P/c1-9(10-5-2-3-7-12(10)16(20)21)25-14(19)15-11(13(17)18)6-4-8-26(22,23)24/h2-3,5,7,9,11H,4,6,8H2,1H3,(H,15,19)(H,17,18)(H2,22,23,24)/t9?,11-/m1/s1. The number of rotatable bonds is 9. The van der Waals surface area contributed by atoms with E-state index in [1.54, 1.807) is 0 Å². The Balaban J connectivity index is 2.69. The first-order valence-electron chi connectivity index (χ1n) is 7.49. The highest BCUT2D eigenvalue weighted by Crippen LogP contribution is 2.35. The molecule has 144 valence electrons. The number of ether oxygens (including phenoxy) is 1. The quantitative estimate of drug-likeness (QED) is 0.278. The van der Waals surface area contributed by atoms with Crippen molar-refractivity contribution >= 4 is 25.3 Å². The number of nitrogens with one attached hydrogen (secondary N) is 1. The number of para-hydroxylation sites is 1. The molecule has 1 rings (SSSR count). The average Bonchev–Trinajstić information content (AvgIpc) is 2.52. The fourth-order valence-electron chi connectivity index (χ4n) is 2.16. The lowest BCUT2D eigenvalue weighted by molar-refractivity contribution is -0.386. The van der Waals surface area contributed by atoms with Crippen LogP contribution in [-0.4, -0.2) is 44.1 Å². The van der Waals surface area contributed by atoms with Crippen LogP contribution in [-0.2, 0) is 14.1 Å². The van der Waals surface area contributed by atoms with Crippen LogP contribution in [0.25, 0.3) is 0 Å². The Morgan fingerprint density at radius 2 is 1.96 bits per heavy atom. The zero-order valence-electron chi connectivity index (χ0n) is 13.8. The Bertz CT molecular complexity index is 718. The molecular formula is C14H19N2O9P. The monoisotopic (exact) mass is 390 g/mol. The van der Waals surface area contributed by atoms with E-state index in [0.29, 0.717) is 0 Å².